The predicted molar refractivity (Wildman–Crippen MR) is 82.7 cm³/mol. The summed E-state index contributed by atoms with van der Waals surface area (Å²) >= 11 is 1.82. The summed E-state index contributed by atoms with van der Waals surface area (Å²) in [6, 6.07) is 7.16. The molecule has 1 aliphatic rings. The van der Waals surface area contributed by atoms with Gasteiger partial charge in [-0.1, -0.05) is 13.0 Å². The number of hydrogen-bond donors (Lipinski definition) is 1. The van der Waals surface area contributed by atoms with Gasteiger partial charge in [-0.25, -0.2) is 0 Å². The fourth-order valence-electron chi connectivity index (χ4n) is 2.31. The lowest BCUT2D eigenvalue weighted by atomic mass is 10.2. The lowest BCUT2D eigenvalue weighted by Crippen LogP contribution is -2.23. The Morgan fingerprint density at radius 3 is 2.95 bits per heavy atom. The molecule has 0 unspecified atom stereocenters. The molecule has 2 aromatic heterocycles. The zero-order valence-electron chi connectivity index (χ0n) is 12.0. The molecule has 0 spiro atoms. The van der Waals surface area contributed by atoms with Crippen molar-refractivity contribution in [2.45, 2.75) is 45.4 Å². The molecule has 1 saturated carbocycles. The van der Waals surface area contributed by atoms with Crippen molar-refractivity contribution < 1.29 is 4.42 Å². The highest BCUT2D eigenvalue weighted by atomic mass is 32.1. The maximum atomic E-state index is 5.69. The average Bonchev–Trinajstić information content (AvgIpc) is 2.97. The molecule has 0 aliphatic heterocycles. The van der Waals surface area contributed by atoms with Gasteiger partial charge in [0.05, 0.1) is 12.8 Å². The maximum absolute atomic E-state index is 5.69. The SMILES string of the molecule is CCN(Cc1cccs1)Cc1occc1CNC1CC1. The van der Waals surface area contributed by atoms with E-state index in [9.17, 15) is 0 Å². The van der Waals surface area contributed by atoms with Crippen molar-refractivity contribution in [2.24, 2.45) is 0 Å². The van der Waals surface area contributed by atoms with Gasteiger partial charge in [0.2, 0.25) is 0 Å². The monoisotopic (exact) mass is 290 g/mol. The van der Waals surface area contributed by atoms with Gasteiger partial charge in [-0.2, -0.15) is 0 Å². The van der Waals surface area contributed by atoms with Crippen LogP contribution in [0.4, 0.5) is 0 Å². The molecule has 20 heavy (non-hydrogen) atoms. The Morgan fingerprint density at radius 1 is 1.35 bits per heavy atom. The molecule has 2 heterocycles. The Hall–Kier alpha value is -1.10. The molecule has 3 rings (SSSR count). The smallest absolute Gasteiger partial charge is 0.122 e. The molecule has 1 aliphatic carbocycles. The van der Waals surface area contributed by atoms with E-state index >= 15 is 0 Å². The van der Waals surface area contributed by atoms with Crippen LogP contribution in [0.1, 0.15) is 36.0 Å². The van der Waals surface area contributed by atoms with E-state index in [1.807, 2.05) is 17.6 Å². The summed E-state index contributed by atoms with van der Waals surface area (Å²) in [5.41, 5.74) is 1.31. The normalized spacial score (nSPS) is 15.1. The zero-order chi connectivity index (χ0) is 13.8. The molecule has 3 nitrogen and oxygen atoms in total. The van der Waals surface area contributed by atoms with Gasteiger partial charge in [0, 0.05) is 29.6 Å². The summed E-state index contributed by atoms with van der Waals surface area (Å²) < 4.78 is 5.69. The number of thiophene rings is 1. The van der Waals surface area contributed by atoms with Crippen LogP contribution in [0, 0.1) is 0 Å². The largest absolute Gasteiger partial charge is 0.468 e. The Bertz CT molecular complexity index is 516. The van der Waals surface area contributed by atoms with Gasteiger partial charge in [-0.15, -0.1) is 11.3 Å². The minimum Gasteiger partial charge on any atom is -0.468 e. The van der Waals surface area contributed by atoms with Crippen LogP contribution in [0.3, 0.4) is 0 Å². The number of nitrogens with zero attached hydrogens (tertiary/aromatic N) is 1. The summed E-state index contributed by atoms with van der Waals surface area (Å²) in [5, 5.41) is 5.70. The van der Waals surface area contributed by atoms with Gasteiger partial charge >= 0.3 is 0 Å². The van der Waals surface area contributed by atoms with Crippen LogP contribution in [0.15, 0.2) is 34.3 Å². The second-order valence-electron chi connectivity index (χ2n) is 5.41. The Labute approximate surface area is 124 Å². The minimum atomic E-state index is 0.742. The highest BCUT2D eigenvalue weighted by Crippen LogP contribution is 2.21. The first-order valence-electron chi connectivity index (χ1n) is 7.38. The molecule has 1 fully saturated rings. The highest BCUT2D eigenvalue weighted by molar-refractivity contribution is 7.09. The average molecular weight is 290 g/mol. The maximum Gasteiger partial charge on any atom is 0.122 e. The van der Waals surface area contributed by atoms with E-state index in [4.69, 9.17) is 4.42 Å². The lowest BCUT2D eigenvalue weighted by molar-refractivity contribution is 0.248. The number of hydrogen-bond acceptors (Lipinski definition) is 4. The molecule has 0 saturated heterocycles. The van der Waals surface area contributed by atoms with E-state index in [1.54, 1.807) is 0 Å². The number of nitrogens with one attached hydrogen (secondary N) is 1. The second kappa shape index (κ2) is 6.57. The van der Waals surface area contributed by atoms with Crippen molar-refractivity contribution in [3.05, 3.63) is 46.0 Å². The summed E-state index contributed by atoms with van der Waals surface area (Å²) in [6.07, 6.45) is 4.47. The first-order valence-corrected chi connectivity index (χ1v) is 8.26. The summed E-state index contributed by atoms with van der Waals surface area (Å²) in [4.78, 5) is 3.83. The van der Waals surface area contributed by atoms with Gasteiger partial charge in [0.1, 0.15) is 5.76 Å². The van der Waals surface area contributed by atoms with Crippen LogP contribution in [-0.2, 0) is 19.6 Å². The number of rotatable bonds is 8. The Kier molecular flexibility index (Phi) is 4.55. The van der Waals surface area contributed by atoms with Gasteiger partial charge in [-0.05, 0) is 36.9 Å². The van der Waals surface area contributed by atoms with E-state index in [0.29, 0.717) is 0 Å². The molecule has 0 radical (unpaired) electrons. The van der Waals surface area contributed by atoms with Gasteiger partial charge in [-0.3, -0.25) is 4.90 Å². The highest BCUT2D eigenvalue weighted by Gasteiger charge is 2.21. The molecule has 0 amide bonds. The third kappa shape index (κ3) is 3.72. The van der Waals surface area contributed by atoms with Crippen LogP contribution in [0.25, 0.3) is 0 Å². The summed E-state index contributed by atoms with van der Waals surface area (Å²) in [7, 11) is 0. The minimum absolute atomic E-state index is 0.742. The van der Waals surface area contributed by atoms with Crippen LogP contribution in [0.2, 0.25) is 0 Å². The predicted octanol–water partition coefficient (Wildman–Crippen LogP) is 3.62. The van der Waals surface area contributed by atoms with E-state index in [2.05, 4.69) is 40.7 Å². The molecular formula is C16H22N2OS. The standard InChI is InChI=1S/C16H22N2OS/c1-2-18(11-15-4-3-9-20-15)12-16-13(7-8-19-16)10-17-14-5-6-14/h3-4,7-9,14,17H,2,5-6,10-12H2,1H3. The fraction of sp³-hybridized carbons (Fsp3) is 0.500. The van der Waals surface area contributed by atoms with Crippen molar-refractivity contribution in [3.8, 4) is 0 Å². The van der Waals surface area contributed by atoms with E-state index < -0.39 is 0 Å². The van der Waals surface area contributed by atoms with E-state index in [-0.39, 0.29) is 0 Å². The summed E-state index contributed by atoms with van der Waals surface area (Å²) in [5.74, 6) is 1.11. The van der Waals surface area contributed by atoms with Crippen molar-refractivity contribution in [2.75, 3.05) is 6.54 Å². The Balaban J connectivity index is 1.58. The van der Waals surface area contributed by atoms with Crippen LogP contribution in [0.5, 0.6) is 0 Å². The third-order valence-electron chi connectivity index (χ3n) is 3.77. The number of furan rings is 1. The molecule has 0 bridgehead atoms. The molecule has 4 heteroatoms. The first-order chi connectivity index (χ1) is 9.85. The van der Waals surface area contributed by atoms with Gasteiger partial charge in [0.25, 0.3) is 0 Å². The van der Waals surface area contributed by atoms with Gasteiger partial charge in [0.15, 0.2) is 0 Å². The van der Waals surface area contributed by atoms with Crippen LogP contribution in [-0.4, -0.2) is 17.5 Å². The molecular weight excluding hydrogens is 268 g/mol. The lowest BCUT2D eigenvalue weighted by Gasteiger charge is -2.19. The van der Waals surface area contributed by atoms with E-state index in [1.165, 1.54) is 23.3 Å². The van der Waals surface area contributed by atoms with Crippen molar-refractivity contribution in [3.63, 3.8) is 0 Å². The Morgan fingerprint density at radius 2 is 2.25 bits per heavy atom. The van der Waals surface area contributed by atoms with Crippen LogP contribution >= 0.6 is 11.3 Å². The topological polar surface area (TPSA) is 28.4 Å². The fourth-order valence-corrected chi connectivity index (χ4v) is 3.06. The first kappa shape index (κ1) is 13.9. The zero-order valence-corrected chi connectivity index (χ0v) is 12.8. The third-order valence-corrected chi connectivity index (χ3v) is 4.63. The molecule has 0 atom stereocenters. The molecule has 108 valence electrons. The molecule has 0 aromatic carbocycles. The quantitative estimate of drug-likeness (QED) is 0.805. The van der Waals surface area contributed by atoms with Crippen molar-refractivity contribution in [1.82, 2.24) is 10.2 Å². The molecule has 1 N–H and O–H groups in total. The van der Waals surface area contributed by atoms with Crippen molar-refractivity contribution in [1.29, 1.82) is 0 Å². The van der Waals surface area contributed by atoms with E-state index in [0.717, 1.165) is 38.0 Å². The summed E-state index contributed by atoms with van der Waals surface area (Å²) in [6.45, 7) is 6.08. The van der Waals surface area contributed by atoms with Gasteiger partial charge < -0.3 is 9.73 Å². The molecule has 2 aromatic rings. The second-order valence-corrected chi connectivity index (χ2v) is 6.44. The van der Waals surface area contributed by atoms with Crippen molar-refractivity contribution >= 4 is 11.3 Å². The van der Waals surface area contributed by atoms with Crippen LogP contribution < -0.4 is 5.32 Å².